The summed E-state index contributed by atoms with van der Waals surface area (Å²) < 4.78 is 18.7. The molecule has 1 aliphatic heterocycles. The van der Waals surface area contributed by atoms with Gasteiger partial charge in [-0.05, 0) is 49.2 Å². The maximum absolute atomic E-state index is 13.4. The lowest BCUT2D eigenvalue weighted by molar-refractivity contribution is -0.0333. The van der Waals surface area contributed by atoms with E-state index in [0.717, 1.165) is 36.3 Å². The number of benzene rings is 2. The van der Waals surface area contributed by atoms with Crippen molar-refractivity contribution in [2.45, 2.75) is 44.4 Å². The Bertz CT molecular complexity index is 1320. The number of nitrogens with one attached hydrogen (secondary N) is 2. The highest BCUT2D eigenvalue weighted by atomic mass is 19.1. The molecule has 0 amide bonds. The number of likely N-dealkylation sites (tertiary alicyclic amines) is 1. The number of rotatable bonds is 10. The number of aromatic hydroxyl groups is 1. The Morgan fingerprint density at radius 2 is 1.79 bits per heavy atom. The van der Waals surface area contributed by atoms with Gasteiger partial charge < -0.3 is 20.1 Å². The van der Waals surface area contributed by atoms with Gasteiger partial charge in [0.05, 0.1) is 18.1 Å². The number of aromatic amines is 1. The van der Waals surface area contributed by atoms with E-state index in [1.807, 2.05) is 36.4 Å². The van der Waals surface area contributed by atoms with Crippen molar-refractivity contribution in [2.75, 3.05) is 33.4 Å². The Labute approximate surface area is 223 Å². The monoisotopic (exact) mass is 518 g/mol. The molecule has 2 heterocycles. The summed E-state index contributed by atoms with van der Waals surface area (Å²) in [4.78, 5) is 20.7. The fraction of sp³-hybridized carbons (Fsp3) is 0.400. The zero-order chi connectivity index (χ0) is 27.1. The van der Waals surface area contributed by atoms with Crippen molar-refractivity contribution in [1.82, 2.24) is 20.2 Å². The number of H-pyrrole nitrogens is 1. The fourth-order valence-corrected chi connectivity index (χ4v) is 4.30. The molecule has 7 nitrogen and oxygen atoms in total. The van der Waals surface area contributed by atoms with E-state index in [0.29, 0.717) is 24.8 Å². The van der Waals surface area contributed by atoms with Crippen LogP contribution in [0.5, 0.6) is 5.75 Å². The maximum atomic E-state index is 13.4. The third-order valence-electron chi connectivity index (χ3n) is 6.86. The lowest BCUT2D eigenvalue weighted by Crippen LogP contribution is -2.50. The number of hydrogen-bond acceptors (Lipinski definition) is 6. The molecule has 0 radical (unpaired) electrons. The molecule has 0 bridgehead atoms. The molecule has 0 aliphatic carbocycles. The molecule has 1 saturated heterocycles. The van der Waals surface area contributed by atoms with E-state index >= 15 is 0 Å². The molecule has 0 spiro atoms. The van der Waals surface area contributed by atoms with Crippen LogP contribution in [0.1, 0.15) is 47.7 Å². The van der Waals surface area contributed by atoms with E-state index in [9.17, 15) is 14.3 Å². The van der Waals surface area contributed by atoms with Crippen LogP contribution in [0.2, 0.25) is 0 Å². The van der Waals surface area contributed by atoms with E-state index in [4.69, 9.17) is 4.74 Å². The van der Waals surface area contributed by atoms with Gasteiger partial charge in [-0.3, -0.25) is 9.69 Å². The van der Waals surface area contributed by atoms with Gasteiger partial charge in [-0.25, -0.2) is 9.37 Å². The number of alkyl halides is 1. The Morgan fingerprint density at radius 1 is 1.16 bits per heavy atom. The molecule has 3 aromatic rings. The average molecular weight is 519 g/mol. The summed E-state index contributed by atoms with van der Waals surface area (Å²) in [5, 5.41) is 13.4. The Morgan fingerprint density at radius 3 is 2.39 bits per heavy atom. The van der Waals surface area contributed by atoms with Gasteiger partial charge in [0.2, 0.25) is 5.75 Å². The van der Waals surface area contributed by atoms with Crippen molar-refractivity contribution < 1.29 is 14.2 Å². The summed E-state index contributed by atoms with van der Waals surface area (Å²) in [5.41, 5.74) is 3.09. The van der Waals surface area contributed by atoms with E-state index < -0.39 is 17.8 Å². The molecular weight excluding hydrogens is 483 g/mol. The van der Waals surface area contributed by atoms with Gasteiger partial charge >= 0.3 is 0 Å². The number of methoxy groups -OCH3 is 1. The highest BCUT2D eigenvalue weighted by Crippen LogP contribution is 2.24. The number of halogens is 1. The van der Waals surface area contributed by atoms with Crippen LogP contribution in [0.15, 0.2) is 59.7 Å². The van der Waals surface area contributed by atoms with Crippen LogP contribution in [0.3, 0.4) is 0 Å². The quantitative estimate of drug-likeness (QED) is 0.357. The molecule has 1 fully saturated rings. The van der Waals surface area contributed by atoms with Gasteiger partial charge in [-0.1, -0.05) is 36.1 Å². The molecule has 1 aromatic heterocycles. The molecule has 1 atom stereocenters. The summed E-state index contributed by atoms with van der Waals surface area (Å²) in [6.45, 7) is 6.37. The topological polar surface area (TPSA) is 90.5 Å². The molecule has 1 aliphatic rings. The van der Waals surface area contributed by atoms with Crippen LogP contribution < -0.4 is 10.9 Å². The Hall–Kier alpha value is -3.51. The Balaban J connectivity index is 1.43. The summed E-state index contributed by atoms with van der Waals surface area (Å²) in [5.74, 6) is 5.91. The van der Waals surface area contributed by atoms with Crippen molar-refractivity contribution in [3.63, 3.8) is 0 Å². The standard InChI is InChI=1S/C30H35FN4O3/c1-30(2,19-31)34-15-25(14-27-28(36)29(37)33-20-32-27)24-12-10-22(11-13-24)5-4-21-6-8-23(9-7-21)16-35-17-26(18-35)38-3/h6-13,20,25-26,34,36H,14-19H2,1-3H3,(H,32,33,37)/t25-/m1/s1. The first-order chi connectivity index (χ1) is 18.3. The Kier molecular flexibility index (Phi) is 8.95. The van der Waals surface area contributed by atoms with Crippen molar-refractivity contribution in [3.8, 4) is 17.6 Å². The van der Waals surface area contributed by atoms with Crippen LogP contribution in [0.4, 0.5) is 4.39 Å². The molecule has 8 heteroatoms. The summed E-state index contributed by atoms with van der Waals surface area (Å²) in [7, 11) is 1.76. The number of ether oxygens (including phenoxy) is 1. The minimum Gasteiger partial charge on any atom is -0.502 e. The molecule has 200 valence electrons. The SMILES string of the molecule is COC1CN(Cc2ccc(C#Cc3ccc([C@@H](CNC(C)(C)CF)Cc4nc[nH]c(=O)c4O)cc3)cc2)C1. The van der Waals surface area contributed by atoms with Gasteiger partial charge in [0.15, 0.2) is 0 Å². The lowest BCUT2D eigenvalue weighted by atomic mass is 9.92. The van der Waals surface area contributed by atoms with Crippen LogP contribution in [-0.4, -0.2) is 65.0 Å². The molecule has 0 unspecified atom stereocenters. The van der Waals surface area contributed by atoms with E-state index in [1.54, 1.807) is 21.0 Å². The predicted molar refractivity (Wildman–Crippen MR) is 146 cm³/mol. The van der Waals surface area contributed by atoms with Gasteiger partial charge in [0.1, 0.15) is 6.67 Å². The lowest BCUT2D eigenvalue weighted by Gasteiger charge is -2.38. The van der Waals surface area contributed by atoms with Crippen molar-refractivity contribution in [2.24, 2.45) is 0 Å². The van der Waals surface area contributed by atoms with Gasteiger partial charge in [0, 0.05) is 62.3 Å². The normalized spacial score (nSPS) is 14.9. The number of hydrogen-bond donors (Lipinski definition) is 3. The van der Waals surface area contributed by atoms with E-state index in [-0.39, 0.29) is 11.7 Å². The molecule has 38 heavy (non-hydrogen) atoms. The van der Waals surface area contributed by atoms with Crippen molar-refractivity contribution >= 4 is 0 Å². The fourth-order valence-electron chi connectivity index (χ4n) is 4.30. The largest absolute Gasteiger partial charge is 0.502 e. The molecular formula is C30H35FN4O3. The zero-order valence-electron chi connectivity index (χ0n) is 22.1. The van der Waals surface area contributed by atoms with Crippen molar-refractivity contribution in [3.05, 3.63) is 93.2 Å². The second-order valence-corrected chi connectivity index (χ2v) is 10.4. The van der Waals surface area contributed by atoms with Gasteiger partial charge in [0.25, 0.3) is 5.56 Å². The minimum absolute atomic E-state index is 0.138. The molecule has 3 N–H and O–H groups in total. The first-order valence-electron chi connectivity index (χ1n) is 12.8. The second kappa shape index (κ2) is 12.4. The van der Waals surface area contributed by atoms with Crippen LogP contribution in [0.25, 0.3) is 0 Å². The highest BCUT2D eigenvalue weighted by Gasteiger charge is 2.26. The molecule has 2 aromatic carbocycles. The average Bonchev–Trinajstić information content (AvgIpc) is 2.90. The predicted octanol–water partition coefficient (Wildman–Crippen LogP) is 3.37. The van der Waals surface area contributed by atoms with E-state index in [2.05, 4.69) is 44.2 Å². The zero-order valence-corrected chi connectivity index (χ0v) is 22.1. The maximum Gasteiger partial charge on any atom is 0.293 e. The second-order valence-electron chi connectivity index (χ2n) is 10.4. The van der Waals surface area contributed by atoms with Gasteiger partial charge in [-0.15, -0.1) is 0 Å². The van der Waals surface area contributed by atoms with Crippen LogP contribution >= 0.6 is 0 Å². The molecule has 0 saturated carbocycles. The number of aromatic nitrogens is 2. The number of nitrogens with zero attached hydrogens (tertiary/aromatic N) is 2. The first kappa shape index (κ1) is 27.5. The first-order valence-corrected chi connectivity index (χ1v) is 12.8. The van der Waals surface area contributed by atoms with E-state index in [1.165, 1.54) is 11.9 Å². The summed E-state index contributed by atoms with van der Waals surface area (Å²) >= 11 is 0. The third kappa shape index (κ3) is 7.29. The smallest absolute Gasteiger partial charge is 0.293 e. The van der Waals surface area contributed by atoms with Crippen LogP contribution in [0, 0.1) is 11.8 Å². The van der Waals surface area contributed by atoms with Gasteiger partial charge in [-0.2, -0.15) is 0 Å². The third-order valence-corrected chi connectivity index (χ3v) is 6.86. The minimum atomic E-state index is -0.690. The van der Waals surface area contributed by atoms with Crippen LogP contribution in [-0.2, 0) is 17.7 Å². The molecule has 4 rings (SSSR count). The summed E-state index contributed by atoms with van der Waals surface area (Å²) in [6.07, 6.45) is 1.96. The summed E-state index contributed by atoms with van der Waals surface area (Å²) in [6, 6.07) is 16.2. The van der Waals surface area contributed by atoms with Crippen molar-refractivity contribution in [1.29, 1.82) is 0 Å². The highest BCUT2D eigenvalue weighted by molar-refractivity contribution is 5.44.